The average molecular weight is 555 g/mol. The van der Waals surface area contributed by atoms with E-state index in [0.29, 0.717) is 6.54 Å². The SMILES string of the molecule is CCNC(=NCc1cc(Br)c2c(c1)OCO2)NCCCN1CCOCC1.I. The summed E-state index contributed by atoms with van der Waals surface area (Å²) < 4.78 is 17.2. The van der Waals surface area contributed by atoms with Crippen molar-refractivity contribution in [2.24, 2.45) is 4.99 Å². The van der Waals surface area contributed by atoms with Gasteiger partial charge in [-0.15, -0.1) is 24.0 Å². The minimum Gasteiger partial charge on any atom is -0.454 e. The number of aliphatic imine (C=N–C) groups is 1. The lowest BCUT2D eigenvalue weighted by Crippen LogP contribution is -2.40. The molecule has 0 amide bonds. The van der Waals surface area contributed by atoms with E-state index in [1.54, 1.807) is 0 Å². The molecule has 0 saturated carbocycles. The van der Waals surface area contributed by atoms with Gasteiger partial charge in [-0.1, -0.05) is 0 Å². The molecule has 1 aromatic rings. The fraction of sp³-hybridized carbons (Fsp3) is 0.611. The zero-order valence-corrected chi connectivity index (χ0v) is 19.5. The molecule has 9 heteroatoms. The van der Waals surface area contributed by atoms with E-state index in [1.807, 2.05) is 12.1 Å². The van der Waals surface area contributed by atoms with Crippen molar-refractivity contribution in [3.8, 4) is 11.5 Å². The highest BCUT2D eigenvalue weighted by Gasteiger charge is 2.17. The van der Waals surface area contributed by atoms with Crippen LogP contribution in [0.15, 0.2) is 21.6 Å². The molecule has 0 radical (unpaired) electrons. The van der Waals surface area contributed by atoms with Gasteiger partial charge in [-0.25, -0.2) is 4.99 Å². The van der Waals surface area contributed by atoms with Crippen molar-refractivity contribution in [3.63, 3.8) is 0 Å². The van der Waals surface area contributed by atoms with E-state index in [-0.39, 0.29) is 30.8 Å². The molecule has 152 valence electrons. The van der Waals surface area contributed by atoms with Crippen LogP contribution in [0.25, 0.3) is 0 Å². The third-order valence-electron chi connectivity index (χ3n) is 4.30. The lowest BCUT2D eigenvalue weighted by molar-refractivity contribution is 0.0376. The Hall–Kier alpha value is -0.780. The van der Waals surface area contributed by atoms with E-state index in [9.17, 15) is 0 Å². The monoisotopic (exact) mass is 554 g/mol. The van der Waals surface area contributed by atoms with Crippen LogP contribution in [0.1, 0.15) is 18.9 Å². The molecular formula is C18H28BrIN4O3. The molecule has 0 unspecified atom stereocenters. The second-order valence-corrected chi connectivity index (χ2v) is 7.10. The van der Waals surface area contributed by atoms with Gasteiger partial charge in [0, 0.05) is 26.2 Å². The lowest BCUT2D eigenvalue weighted by atomic mass is 10.2. The highest BCUT2D eigenvalue weighted by molar-refractivity contribution is 14.0. The molecule has 1 fully saturated rings. The standard InChI is InChI=1S/C18H27BrN4O3.HI/c1-2-20-18(21-4-3-5-23-6-8-24-9-7-23)22-12-14-10-15(19)17-16(11-14)25-13-26-17;/h10-11H,2-9,12-13H2,1H3,(H2,20,21,22);1H. The summed E-state index contributed by atoms with van der Waals surface area (Å²) in [5.41, 5.74) is 1.08. The maximum atomic E-state index is 5.47. The Morgan fingerprint density at radius 1 is 1.22 bits per heavy atom. The van der Waals surface area contributed by atoms with E-state index in [0.717, 1.165) is 79.9 Å². The van der Waals surface area contributed by atoms with Gasteiger partial charge in [0.2, 0.25) is 6.79 Å². The van der Waals surface area contributed by atoms with Gasteiger partial charge in [-0.05, 0) is 53.5 Å². The summed E-state index contributed by atoms with van der Waals surface area (Å²) in [5.74, 6) is 2.38. The summed E-state index contributed by atoms with van der Waals surface area (Å²) in [6.45, 7) is 9.51. The molecule has 0 spiro atoms. The topological polar surface area (TPSA) is 67.4 Å². The molecule has 2 heterocycles. The third-order valence-corrected chi connectivity index (χ3v) is 4.89. The first-order valence-electron chi connectivity index (χ1n) is 9.16. The smallest absolute Gasteiger partial charge is 0.231 e. The number of morpholine rings is 1. The Labute approximate surface area is 186 Å². The molecule has 0 bridgehead atoms. The van der Waals surface area contributed by atoms with Crippen LogP contribution in [0.4, 0.5) is 0 Å². The molecule has 0 atom stereocenters. The van der Waals surface area contributed by atoms with Crippen LogP contribution in [-0.4, -0.2) is 63.6 Å². The van der Waals surface area contributed by atoms with Crippen LogP contribution in [-0.2, 0) is 11.3 Å². The Kier molecular flexibility index (Phi) is 9.94. The highest BCUT2D eigenvalue weighted by Crippen LogP contribution is 2.40. The van der Waals surface area contributed by atoms with Crippen LogP contribution in [0.3, 0.4) is 0 Å². The lowest BCUT2D eigenvalue weighted by Gasteiger charge is -2.26. The van der Waals surface area contributed by atoms with Crippen molar-refractivity contribution < 1.29 is 14.2 Å². The maximum absolute atomic E-state index is 5.47. The van der Waals surface area contributed by atoms with Crippen molar-refractivity contribution >= 4 is 45.9 Å². The van der Waals surface area contributed by atoms with Crippen molar-refractivity contribution in [2.45, 2.75) is 19.9 Å². The first kappa shape index (κ1) is 22.5. The molecule has 1 aromatic carbocycles. The van der Waals surface area contributed by atoms with Gasteiger partial charge in [-0.2, -0.15) is 0 Å². The van der Waals surface area contributed by atoms with Crippen LogP contribution in [0.5, 0.6) is 11.5 Å². The Morgan fingerprint density at radius 3 is 2.81 bits per heavy atom. The molecule has 2 aliphatic heterocycles. The largest absolute Gasteiger partial charge is 0.454 e. The minimum atomic E-state index is 0. The molecular weight excluding hydrogens is 527 g/mol. The number of fused-ring (bicyclic) bond motifs is 1. The molecule has 1 saturated heterocycles. The number of ether oxygens (including phenoxy) is 3. The zero-order valence-electron chi connectivity index (χ0n) is 15.6. The van der Waals surface area contributed by atoms with Gasteiger partial charge in [0.1, 0.15) is 0 Å². The van der Waals surface area contributed by atoms with Crippen molar-refractivity contribution in [1.82, 2.24) is 15.5 Å². The zero-order chi connectivity index (χ0) is 18.2. The van der Waals surface area contributed by atoms with Crippen LogP contribution in [0.2, 0.25) is 0 Å². The number of rotatable bonds is 7. The van der Waals surface area contributed by atoms with Crippen molar-refractivity contribution in [1.29, 1.82) is 0 Å². The molecule has 27 heavy (non-hydrogen) atoms. The van der Waals surface area contributed by atoms with E-state index in [4.69, 9.17) is 14.2 Å². The normalized spacial score (nSPS) is 16.7. The summed E-state index contributed by atoms with van der Waals surface area (Å²) in [6.07, 6.45) is 1.08. The number of hydrogen-bond donors (Lipinski definition) is 2. The Balaban J connectivity index is 0.00000261. The van der Waals surface area contributed by atoms with Crippen LogP contribution < -0.4 is 20.1 Å². The Morgan fingerprint density at radius 2 is 2.04 bits per heavy atom. The van der Waals surface area contributed by atoms with Gasteiger partial charge in [0.25, 0.3) is 0 Å². The summed E-state index contributed by atoms with van der Waals surface area (Å²) in [6, 6.07) is 4.01. The average Bonchev–Trinajstić information content (AvgIpc) is 3.13. The number of guanidine groups is 1. The number of nitrogens with one attached hydrogen (secondary N) is 2. The fourth-order valence-electron chi connectivity index (χ4n) is 2.96. The molecule has 7 nitrogen and oxygen atoms in total. The molecule has 3 rings (SSSR count). The van der Waals surface area contributed by atoms with E-state index < -0.39 is 0 Å². The fourth-order valence-corrected chi connectivity index (χ4v) is 3.56. The predicted octanol–water partition coefficient (Wildman–Crippen LogP) is 2.57. The van der Waals surface area contributed by atoms with Gasteiger partial charge >= 0.3 is 0 Å². The van der Waals surface area contributed by atoms with Crippen LogP contribution in [0, 0.1) is 0 Å². The number of halogens is 2. The van der Waals surface area contributed by atoms with Crippen LogP contribution >= 0.6 is 39.9 Å². The van der Waals surface area contributed by atoms with E-state index in [2.05, 4.69) is 43.4 Å². The van der Waals surface area contributed by atoms with Crippen molar-refractivity contribution in [2.75, 3.05) is 52.7 Å². The second kappa shape index (κ2) is 11.9. The molecule has 0 aromatic heterocycles. The first-order chi connectivity index (χ1) is 12.8. The van der Waals surface area contributed by atoms with Crippen molar-refractivity contribution in [3.05, 3.63) is 22.2 Å². The predicted molar refractivity (Wildman–Crippen MR) is 120 cm³/mol. The number of hydrogen-bond acceptors (Lipinski definition) is 5. The minimum absolute atomic E-state index is 0. The van der Waals surface area contributed by atoms with Gasteiger partial charge < -0.3 is 24.8 Å². The summed E-state index contributed by atoms with van der Waals surface area (Å²) in [7, 11) is 0. The van der Waals surface area contributed by atoms with E-state index >= 15 is 0 Å². The third kappa shape index (κ3) is 6.95. The quantitative estimate of drug-likeness (QED) is 0.234. The van der Waals surface area contributed by atoms with Gasteiger partial charge in [0.05, 0.1) is 24.2 Å². The summed E-state index contributed by atoms with van der Waals surface area (Å²) >= 11 is 3.53. The molecule has 2 N–H and O–H groups in total. The first-order valence-corrected chi connectivity index (χ1v) is 9.96. The summed E-state index contributed by atoms with van der Waals surface area (Å²) in [4.78, 5) is 7.12. The second-order valence-electron chi connectivity index (χ2n) is 6.24. The maximum Gasteiger partial charge on any atom is 0.231 e. The highest BCUT2D eigenvalue weighted by atomic mass is 127. The Bertz CT molecular complexity index is 627. The summed E-state index contributed by atoms with van der Waals surface area (Å²) in [5, 5.41) is 6.71. The van der Waals surface area contributed by atoms with Gasteiger partial charge in [-0.3, -0.25) is 4.90 Å². The number of nitrogens with zero attached hydrogens (tertiary/aromatic N) is 2. The van der Waals surface area contributed by atoms with E-state index in [1.165, 1.54) is 0 Å². The number of benzene rings is 1. The molecule has 0 aliphatic carbocycles. The molecule has 2 aliphatic rings. The van der Waals surface area contributed by atoms with Gasteiger partial charge in [0.15, 0.2) is 17.5 Å².